The maximum atomic E-state index is 13.1. The van der Waals surface area contributed by atoms with Gasteiger partial charge in [0.05, 0.1) is 4.90 Å². The first-order valence-electron chi connectivity index (χ1n) is 7.33. The maximum absolute atomic E-state index is 13.1. The molecule has 1 aliphatic heterocycles. The van der Waals surface area contributed by atoms with Crippen molar-refractivity contribution in [2.45, 2.75) is 24.3 Å². The van der Waals surface area contributed by atoms with E-state index in [2.05, 4.69) is 0 Å². The van der Waals surface area contributed by atoms with Crippen LogP contribution in [0, 0.1) is 6.92 Å². The molecule has 0 spiro atoms. The summed E-state index contributed by atoms with van der Waals surface area (Å²) in [6.07, 6.45) is 0.882. The Morgan fingerprint density at radius 2 is 2.14 bits per heavy atom. The van der Waals surface area contributed by atoms with E-state index in [-0.39, 0.29) is 6.04 Å². The second-order valence-corrected chi connectivity index (χ2v) is 9.32. The number of hydrogen-bond donors (Lipinski definition) is 0. The van der Waals surface area contributed by atoms with Crippen molar-refractivity contribution in [3.63, 3.8) is 0 Å². The van der Waals surface area contributed by atoms with Gasteiger partial charge in [0.1, 0.15) is 0 Å². The highest BCUT2D eigenvalue weighted by Crippen LogP contribution is 2.28. The molecule has 1 unspecified atom stereocenters. The summed E-state index contributed by atoms with van der Waals surface area (Å²) in [5.74, 6) is 1.83. The molecular formula is C15H23ClN2O2S2. The summed E-state index contributed by atoms with van der Waals surface area (Å²) in [6, 6.07) is 5.05. The van der Waals surface area contributed by atoms with E-state index in [1.807, 2.05) is 37.7 Å². The minimum Gasteiger partial charge on any atom is -0.308 e. The molecule has 0 aliphatic carbocycles. The Hall–Kier alpha value is -0.270. The van der Waals surface area contributed by atoms with Crippen LogP contribution in [0.3, 0.4) is 0 Å². The Labute approximate surface area is 142 Å². The standard InChI is InChI=1S/C15H23ClN2O2S2/c1-12-5-6-13(16)9-15(12)22(19,20)18-7-4-8-21-11-14(18)10-17(2)3/h5-6,9,14H,4,7-8,10-11H2,1-3H3. The van der Waals surface area contributed by atoms with Crippen LogP contribution in [-0.4, -0.2) is 62.4 Å². The number of hydrogen-bond acceptors (Lipinski definition) is 4. The fourth-order valence-electron chi connectivity index (χ4n) is 2.67. The fraction of sp³-hybridized carbons (Fsp3) is 0.600. The highest BCUT2D eigenvalue weighted by atomic mass is 35.5. The molecule has 1 aromatic rings. The zero-order chi connectivity index (χ0) is 16.3. The Balaban J connectivity index is 2.41. The minimum atomic E-state index is -3.52. The second-order valence-electron chi connectivity index (χ2n) is 5.87. The van der Waals surface area contributed by atoms with Crippen LogP contribution < -0.4 is 0 Å². The van der Waals surface area contributed by atoms with Crippen molar-refractivity contribution in [1.29, 1.82) is 0 Å². The van der Waals surface area contributed by atoms with Gasteiger partial charge in [-0.3, -0.25) is 0 Å². The van der Waals surface area contributed by atoms with Crippen molar-refractivity contribution in [2.24, 2.45) is 0 Å². The number of sulfonamides is 1. The summed E-state index contributed by atoms with van der Waals surface area (Å²) >= 11 is 7.85. The molecule has 1 atom stereocenters. The van der Waals surface area contributed by atoms with Gasteiger partial charge in [-0.05, 0) is 50.9 Å². The average Bonchev–Trinajstić information content (AvgIpc) is 2.66. The third-order valence-corrected chi connectivity index (χ3v) is 7.22. The largest absolute Gasteiger partial charge is 0.308 e. The molecule has 124 valence electrons. The lowest BCUT2D eigenvalue weighted by Crippen LogP contribution is -2.46. The summed E-state index contributed by atoms with van der Waals surface area (Å²) in [5, 5.41) is 0.456. The summed E-state index contributed by atoms with van der Waals surface area (Å²) < 4.78 is 28.0. The van der Waals surface area contributed by atoms with E-state index in [1.54, 1.807) is 22.5 Å². The van der Waals surface area contributed by atoms with Gasteiger partial charge in [-0.25, -0.2) is 8.42 Å². The van der Waals surface area contributed by atoms with Crippen molar-refractivity contribution in [2.75, 3.05) is 38.7 Å². The lowest BCUT2D eigenvalue weighted by Gasteiger charge is -2.31. The molecule has 4 nitrogen and oxygen atoms in total. The van der Waals surface area contributed by atoms with E-state index < -0.39 is 10.0 Å². The van der Waals surface area contributed by atoms with Crippen molar-refractivity contribution in [3.8, 4) is 0 Å². The second kappa shape index (κ2) is 7.53. The van der Waals surface area contributed by atoms with Crippen LogP contribution in [-0.2, 0) is 10.0 Å². The molecule has 1 aliphatic rings. The van der Waals surface area contributed by atoms with Gasteiger partial charge in [-0.2, -0.15) is 16.1 Å². The molecule has 7 heteroatoms. The Bertz CT molecular complexity index is 620. The lowest BCUT2D eigenvalue weighted by molar-refractivity contribution is 0.271. The predicted molar refractivity (Wildman–Crippen MR) is 94.4 cm³/mol. The molecule has 0 radical (unpaired) electrons. The lowest BCUT2D eigenvalue weighted by atomic mass is 10.2. The van der Waals surface area contributed by atoms with Crippen molar-refractivity contribution < 1.29 is 8.42 Å². The normalized spacial score (nSPS) is 21.0. The van der Waals surface area contributed by atoms with Crippen LogP contribution in [0.4, 0.5) is 0 Å². The molecule has 0 N–H and O–H groups in total. The van der Waals surface area contributed by atoms with E-state index in [1.165, 1.54) is 0 Å². The number of thioether (sulfide) groups is 1. The SMILES string of the molecule is Cc1ccc(Cl)cc1S(=O)(=O)N1CCCSCC1CN(C)C. The first-order valence-corrected chi connectivity index (χ1v) is 10.3. The summed E-state index contributed by atoms with van der Waals surface area (Å²) in [5.41, 5.74) is 0.741. The highest BCUT2D eigenvalue weighted by molar-refractivity contribution is 7.99. The minimum absolute atomic E-state index is 0.00844. The number of aryl methyl sites for hydroxylation is 1. The third-order valence-electron chi connectivity index (χ3n) is 3.70. The molecule has 0 amide bonds. The molecule has 1 heterocycles. The van der Waals surface area contributed by atoms with Gasteiger partial charge in [0.15, 0.2) is 0 Å². The van der Waals surface area contributed by atoms with Crippen molar-refractivity contribution in [3.05, 3.63) is 28.8 Å². The van der Waals surface area contributed by atoms with Crippen LogP contribution >= 0.6 is 23.4 Å². The third kappa shape index (κ3) is 4.17. The predicted octanol–water partition coefficient (Wildman–Crippen LogP) is 2.71. The molecule has 1 saturated heterocycles. The molecule has 2 rings (SSSR count). The van der Waals surface area contributed by atoms with Gasteiger partial charge < -0.3 is 4.90 Å². The summed E-state index contributed by atoms with van der Waals surface area (Å²) in [6.45, 7) is 3.11. The zero-order valence-corrected chi connectivity index (χ0v) is 15.6. The van der Waals surface area contributed by atoms with Gasteiger partial charge in [0, 0.05) is 29.9 Å². The molecule has 22 heavy (non-hydrogen) atoms. The van der Waals surface area contributed by atoms with Crippen LogP contribution in [0.25, 0.3) is 0 Å². The van der Waals surface area contributed by atoms with Gasteiger partial charge in [-0.1, -0.05) is 17.7 Å². The van der Waals surface area contributed by atoms with E-state index >= 15 is 0 Å². The van der Waals surface area contributed by atoms with E-state index in [0.717, 1.165) is 30.0 Å². The van der Waals surface area contributed by atoms with Gasteiger partial charge in [-0.15, -0.1) is 0 Å². The van der Waals surface area contributed by atoms with Gasteiger partial charge in [0.2, 0.25) is 10.0 Å². The topological polar surface area (TPSA) is 40.6 Å². The molecule has 0 bridgehead atoms. The van der Waals surface area contributed by atoms with E-state index in [0.29, 0.717) is 16.5 Å². The molecule has 0 aromatic heterocycles. The number of rotatable bonds is 4. The molecular weight excluding hydrogens is 340 g/mol. The Morgan fingerprint density at radius 3 is 2.82 bits per heavy atom. The molecule has 1 fully saturated rings. The number of likely N-dealkylation sites (N-methyl/N-ethyl adjacent to an activating group) is 1. The van der Waals surface area contributed by atoms with E-state index in [9.17, 15) is 8.42 Å². The number of benzene rings is 1. The average molecular weight is 363 g/mol. The highest BCUT2D eigenvalue weighted by Gasteiger charge is 2.33. The van der Waals surface area contributed by atoms with Crippen molar-refractivity contribution >= 4 is 33.4 Å². The quantitative estimate of drug-likeness (QED) is 0.825. The Morgan fingerprint density at radius 1 is 1.41 bits per heavy atom. The fourth-order valence-corrected chi connectivity index (χ4v) is 5.96. The monoisotopic (exact) mass is 362 g/mol. The van der Waals surface area contributed by atoms with E-state index in [4.69, 9.17) is 11.6 Å². The number of nitrogens with zero attached hydrogens (tertiary/aromatic N) is 2. The summed E-state index contributed by atoms with van der Waals surface area (Å²) in [4.78, 5) is 2.37. The van der Waals surface area contributed by atoms with Crippen LogP contribution in [0.2, 0.25) is 5.02 Å². The van der Waals surface area contributed by atoms with Crippen LogP contribution in [0.15, 0.2) is 23.1 Å². The Kier molecular flexibility index (Phi) is 6.19. The van der Waals surface area contributed by atoms with Crippen LogP contribution in [0.1, 0.15) is 12.0 Å². The smallest absolute Gasteiger partial charge is 0.243 e. The van der Waals surface area contributed by atoms with Crippen molar-refractivity contribution in [1.82, 2.24) is 9.21 Å². The number of halogens is 1. The zero-order valence-electron chi connectivity index (χ0n) is 13.3. The summed E-state index contributed by atoms with van der Waals surface area (Å²) in [7, 11) is 0.430. The maximum Gasteiger partial charge on any atom is 0.243 e. The van der Waals surface area contributed by atoms with Gasteiger partial charge in [0.25, 0.3) is 0 Å². The molecule has 1 aromatic carbocycles. The van der Waals surface area contributed by atoms with Gasteiger partial charge >= 0.3 is 0 Å². The van der Waals surface area contributed by atoms with Crippen LogP contribution in [0.5, 0.6) is 0 Å². The molecule has 0 saturated carbocycles. The first kappa shape index (κ1) is 18.1. The first-order chi connectivity index (χ1) is 10.3.